The van der Waals surface area contributed by atoms with E-state index in [1.54, 1.807) is 11.3 Å². The Balaban J connectivity index is 2.16. The fraction of sp³-hybridized carbons (Fsp3) is 0.214. The summed E-state index contributed by atoms with van der Waals surface area (Å²) in [6.07, 6.45) is 0. The van der Waals surface area contributed by atoms with Crippen LogP contribution in [0.1, 0.15) is 25.7 Å². The molecule has 110 valence electrons. The number of carbonyl (C=O) groups excluding carboxylic acids is 1. The van der Waals surface area contributed by atoms with Crippen LogP contribution in [0, 0.1) is 24.0 Å². The van der Waals surface area contributed by atoms with Gasteiger partial charge in [0.25, 0.3) is 11.6 Å². The number of thiophene rings is 1. The molecule has 0 spiro atoms. The predicted octanol–water partition coefficient (Wildman–Crippen LogP) is 2.91. The second-order valence-corrected chi connectivity index (χ2v) is 5.93. The third-order valence-electron chi connectivity index (χ3n) is 3.06. The minimum absolute atomic E-state index is 0.148. The van der Waals surface area contributed by atoms with Crippen LogP contribution in [-0.2, 0) is 6.54 Å². The number of aromatic hydroxyl groups is 1. The van der Waals surface area contributed by atoms with Gasteiger partial charge in [-0.15, -0.1) is 11.3 Å². The largest absolute Gasteiger partial charge is 0.508 e. The van der Waals surface area contributed by atoms with Crippen molar-refractivity contribution in [3.63, 3.8) is 0 Å². The topological polar surface area (TPSA) is 92.5 Å². The zero-order valence-electron chi connectivity index (χ0n) is 11.5. The zero-order valence-corrected chi connectivity index (χ0v) is 12.4. The van der Waals surface area contributed by atoms with Crippen molar-refractivity contribution in [3.8, 4) is 5.75 Å². The fourth-order valence-electron chi connectivity index (χ4n) is 1.86. The van der Waals surface area contributed by atoms with E-state index >= 15 is 0 Å². The second-order valence-electron chi connectivity index (χ2n) is 4.59. The maximum absolute atomic E-state index is 12.1. The number of hydrogen-bond donors (Lipinski definition) is 2. The Labute approximate surface area is 125 Å². The van der Waals surface area contributed by atoms with Crippen molar-refractivity contribution in [2.24, 2.45) is 0 Å². The molecule has 1 aromatic carbocycles. The molecule has 0 aliphatic heterocycles. The number of amides is 1. The molecule has 2 N–H and O–H groups in total. The molecule has 1 heterocycles. The first kappa shape index (κ1) is 15.0. The molecule has 0 saturated heterocycles. The Bertz CT molecular complexity index is 689. The van der Waals surface area contributed by atoms with Crippen molar-refractivity contribution in [1.82, 2.24) is 5.32 Å². The number of benzene rings is 1. The minimum Gasteiger partial charge on any atom is -0.508 e. The van der Waals surface area contributed by atoms with Crippen molar-refractivity contribution in [3.05, 3.63) is 55.3 Å². The summed E-state index contributed by atoms with van der Waals surface area (Å²) in [6, 6.07) is 5.36. The van der Waals surface area contributed by atoms with Crippen LogP contribution < -0.4 is 5.32 Å². The molecule has 0 unspecified atom stereocenters. The lowest BCUT2D eigenvalue weighted by atomic mass is 10.1. The standard InChI is InChI=1S/C14H14N2O4S/c1-8-5-11(21-9(8)2)7-15-14(18)12-6-10(17)3-4-13(12)16(19)20/h3-6,17H,7H2,1-2H3,(H,15,18). The molecule has 0 bridgehead atoms. The molecule has 1 amide bonds. The Kier molecular flexibility index (Phi) is 4.23. The highest BCUT2D eigenvalue weighted by molar-refractivity contribution is 7.12. The van der Waals surface area contributed by atoms with Gasteiger partial charge in [0.15, 0.2) is 0 Å². The number of phenolic OH excluding ortho intramolecular Hbond substituents is 1. The van der Waals surface area contributed by atoms with Gasteiger partial charge in [-0.1, -0.05) is 0 Å². The molecule has 0 aliphatic rings. The highest BCUT2D eigenvalue weighted by Crippen LogP contribution is 2.24. The van der Waals surface area contributed by atoms with Crippen molar-refractivity contribution in [2.75, 3.05) is 0 Å². The average molecular weight is 306 g/mol. The molecule has 0 aliphatic carbocycles. The smallest absolute Gasteiger partial charge is 0.282 e. The Morgan fingerprint density at radius 3 is 2.67 bits per heavy atom. The van der Waals surface area contributed by atoms with Gasteiger partial charge < -0.3 is 10.4 Å². The van der Waals surface area contributed by atoms with E-state index in [9.17, 15) is 20.0 Å². The van der Waals surface area contributed by atoms with E-state index in [0.29, 0.717) is 6.54 Å². The molecule has 7 heteroatoms. The first-order valence-electron chi connectivity index (χ1n) is 6.20. The number of carbonyl (C=O) groups is 1. The third-order valence-corrected chi connectivity index (χ3v) is 4.21. The van der Waals surface area contributed by atoms with Gasteiger partial charge in [-0.2, -0.15) is 0 Å². The molecule has 21 heavy (non-hydrogen) atoms. The third kappa shape index (κ3) is 3.38. The first-order valence-corrected chi connectivity index (χ1v) is 7.01. The van der Waals surface area contributed by atoms with Gasteiger partial charge >= 0.3 is 0 Å². The summed E-state index contributed by atoms with van der Waals surface area (Å²) < 4.78 is 0. The van der Waals surface area contributed by atoms with Crippen LogP contribution >= 0.6 is 11.3 Å². The highest BCUT2D eigenvalue weighted by atomic mass is 32.1. The number of nitro benzene ring substituents is 1. The number of nitrogens with one attached hydrogen (secondary N) is 1. The van der Waals surface area contributed by atoms with Gasteiger partial charge in [0, 0.05) is 15.8 Å². The summed E-state index contributed by atoms with van der Waals surface area (Å²) >= 11 is 1.57. The summed E-state index contributed by atoms with van der Waals surface area (Å²) in [5.41, 5.74) is 0.668. The van der Waals surface area contributed by atoms with Crippen molar-refractivity contribution < 1.29 is 14.8 Å². The predicted molar refractivity (Wildman–Crippen MR) is 79.7 cm³/mol. The van der Waals surface area contributed by atoms with Gasteiger partial charge in [0.2, 0.25) is 0 Å². The maximum Gasteiger partial charge on any atom is 0.282 e. The van der Waals surface area contributed by atoms with Crippen LogP contribution in [0.2, 0.25) is 0 Å². The summed E-state index contributed by atoms with van der Waals surface area (Å²) in [6.45, 7) is 4.27. The highest BCUT2D eigenvalue weighted by Gasteiger charge is 2.20. The van der Waals surface area contributed by atoms with Crippen LogP contribution in [0.5, 0.6) is 5.75 Å². The first-order chi connectivity index (χ1) is 9.88. The van der Waals surface area contributed by atoms with Gasteiger partial charge in [-0.3, -0.25) is 14.9 Å². The molecular weight excluding hydrogens is 292 g/mol. The Morgan fingerprint density at radius 2 is 2.10 bits per heavy atom. The summed E-state index contributed by atoms with van der Waals surface area (Å²) in [4.78, 5) is 24.5. The SMILES string of the molecule is Cc1cc(CNC(=O)c2cc(O)ccc2[N+](=O)[O-])sc1C. The van der Waals surface area contributed by atoms with Crippen LogP contribution in [0.25, 0.3) is 0 Å². The number of aryl methyl sites for hydroxylation is 2. The monoisotopic (exact) mass is 306 g/mol. The van der Waals surface area contributed by atoms with Gasteiger partial charge in [-0.05, 0) is 37.6 Å². The molecular formula is C14H14N2O4S. The normalized spacial score (nSPS) is 10.4. The van der Waals surface area contributed by atoms with E-state index in [0.717, 1.165) is 22.6 Å². The lowest BCUT2D eigenvalue weighted by Crippen LogP contribution is -2.23. The van der Waals surface area contributed by atoms with Crippen LogP contribution in [-0.4, -0.2) is 15.9 Å². The van der Waals surface area contributed by atoms with Crippen molar-refractivity contribution in [2.45, 2.75) is 20.4 Å². The number of nitrogens with zero attached hydrogens (tertiary/aromatic N) is 1. The van der Waals surface area contributed by atoms with Crippen molar-refractivity contribution in [1.29, 1.82) is 0 Å². The molecule has 0 radical (unpaired) electrons. The molecule has 0 saturated carbocycles. The molecule has 6 nitrogen and oxygen atoms in total. The molecule has 2 aromatic rings. The van der Waals surface area contributed by atoms with Crippen LogP contribution in [0.4, 0.5) is 5.69 Å². The van der Waals surface area contributed by atoms with Crippen molar-refractivity contribution >= 4 is 22.9 Å². The fourth-order valence-corrected chi connectivity index (χ4v) is 2.86. The molecule has 2 rings (SSSR count). The van der Waals surface area contributed by atoms with Gasteiger partial charge in [0.1, 0.15) is 11.3 Å². The number of nitro groups is 1. The van der Waals surface area contributed by atoms with E-state index in [1.165, 1.54) is 10.9 Å². The second kappa shape index (κ2) is 5.92. The van der Waals surface area contributed by atoms with E-state index in [4.69, 9.17) is 0 Å². The van der Waals surface area contributed by atoms with E-state index < -0.39 is 10.8 Å². The minimum atomic E-state index is -0.645. The van der Waals surface area contributed by atoms with Crippen LogP contribution in [0.3, 0.4) is 0 Å². The Morgan fingerprint density at radius 1 is 1.38 bits per heavy atom. The number of rotatable bonds is 4. The Hall–Kier alpha value is -2.41. The average Bonchev–Trinajstić information content (AvgIpc) is 2.74. The van der Waals surface area contributed by atoms with Gasteiger partial charge in [0.05, 0.1) is 11.5 Å². The van der Waals surface area contributed by atoms with E-state index in [1.807, 2.05) is 19.9 Å². The maximum atomic E-state index is 12.1. The lowest BCUT2D eigenvalue weighted by molar-refractivity contribution is -0.385. The van der Waals surface area contributed by atoms with Gasteiger partial charge in [-0.25, -0.2) is 0 Å². The van der Waals surface area contributed by atoms with Crippen LogP contribution in [0.15, 0.2) is 24.3 Å². The number of hydrogen-bond acceptors (Lipinski definition) is 5. The summed E-state index contributed by atoms with van der Waals surface area (Å²) in [5.74, 6) is -0.769. The molecule has 1 aromatic heterocycles. The molecule has 0 atom stereocenters. The lowest BCUT2D eigenvalue weighted by Gasteiger charge is -2.05. The van der Waals surface area contributed by atoms with E-state index in [-0.39, 0.29) is 17.0 Å². The number of phenols is 1. The summed E-state index contributed by atoms with van der Waals surface area (Å²) in [5, 5.41) is 22.9. The quantitative estimate of drug-likeness (QED) is 0.671. The molecule has 0 fully saturated rings. The van der Waals surface area contributed by atoms with E-state index in [2.05, 4.69) is 5.32 Å². The summed E-state index contributed by atoms with van der Waals surface area (Å²) in [7, 11) is 0. The zero-order chi connectivity index (χ0) is 15.6.